The molecule has 0 radical (unpaired) electrons. The highest BCUT2D eigenvalue weighted by molar-refractivity contribution is 8.16. The molecular formula is C17H20N2O6S2. The maximum Gasteiger partial charge on any atom is 0.329 e. The summed E-state index contributed by atoms with van der Waals surface area (Å²) in [5.41, 5.74) is 2.95. The van der Waals surface area contributed by atoms with Gasteiger partial charge in [0.2, 0.25) is 0 Å². The summed E-state index contributed by atoms with van der Waals surface area (Å²) in [6.45, 7) is 2.94. The summed E-state index contributed by atoms with van der Waals surface area (Å²) >= 11 is 1.27. The molecule has 0 aliphatic carbocycles. The molecule has 10 heteroatoms. The van der Waals surface area contributed by atoms with Crippen LogP contribution in [0.1, 0.15) is 11.1 Å². The molecule has 146 valence electrons. The maximum absolute atomic E-state index is 12.1. The van der Waals surface area contributed by atoms with Gasteiger partial charge in [0.1, 0.15) is 13.2 Å². The van der Waals surface area contributed by atoms with Crippen molar-refractivity contribution in [3.05, 3.63) is 29.3 Å². The van der Waals surface area contributed by atoms with E-state index in [1.165, 1.54) is 11.8 Å². The lowest BCUT2D eigenvalue weighted by molar-refractivity contribution is -0.143. The van der Waals surface area contributed by atoms with E-state index in [0.717, 1.165) is 16.8 Å². The summed E-state index contributed by atoms with van der Waals surface area (Å²) in [7, 11) is -3.13. The number of nitrogens with zero attached hydrogens (tertiary/aromatic N) is 2. The Morgan fingerprint density at radius 3 is 2.67 bits per heavy atom. The van der Waals surface area contributed by atoms with Crippen molar-refractivity contribution in [2.24, 2.45) is 4.99 Å². The van der Waals surface area contributed by atoms with Crippen LogP contribution in [-0.2, 0) is 24.2 Å². The molecule has 3 rings (SSSR count). The summed E-state index contributed by atoms with van der Waals surface area (Å²) in [5, 5.41) is 8.80. The Balaban J connectivity index is 1.88. The molecule has 0 spiro atoms. The number of anilines is 1. The van der Waals surface area contributed by atoms with Gasteiger partial charge in [-0.25, -0.2) is 13.2 Å². The number of ether oxygens (including phenoxy) is 1. The summed E-state index contributed by atoms with van der Waals surface area (Å²) < 4.78 is 28.9. The number of carbonyl (C=O) groups is 2. The molecule has 27 heavy (non-hydrogen) atoms. The number of carboxylic acids is 1. The van der Waals surface area contributed by atoms with Gasteiger partial charge in [-0.05, 0) is 37.1 Å². The Labute approximate surface area is 161 Å². The largest absolute Gasteiger partial charge is 0.480 e. The van der Waals surface area contributed by atoms with Crippen LogP contribution in [0, 0.1) is 13.8 Å². The summed E-state index contributed by atoms with van der Waals surface area (Å²) in [6.07, 6.45) is 0. The van der Waals surface area contributed by atoms with E-state index in [1.807, 2.05) is 32.0 Å². The van der Waals surface area contributed by atoms with E-state index in [1.54, 1.807) is 4.90 Å². The van der Waals surface area contributed by atoms with Crippen LogP contribution in [0.25, 0.3) is 0 Å². The Morgan fingerprint density at radius 2 is 2.00 bits per heavy atom. The van der Waals surface area contributed by atoms with Crippen molar-refractivity contribution in [3.63, 3.8) is 0 Å². The van der Waals surface area contributed by atoms with Gasteiger partial charge in [-0.1, -0.05) is 17.8 Å². The zero-order chi connectivity index (χ0) is 19.8. The number of hydrogen-bond donors (Lipinski definition) is 1. The zero-order valence-electron chi connectivity index (χ0n) is 14.9. The molecule has 8 nitrogen and oxygen atoms in total. The van der Waals surface area contributed by atoms with E-state index >= 15 is 0 Å². The number of benzene rings is 1. The highest BCUT2D eigenvalue weighted by Crippen LogP contribution is 2.41. The molecule has 2 saturated heterocycles. The molecule has 0 unspecified atom stereocenters. The molecular weight excluding hydrogens is 392 g/mol. The quantitative estimate of drug-likeness (QED) is 0.762. The number of thioether (sulfide) groups is 1. The molecule has 0 saturated carbocycles. The lowest BCUT2D eigenvalue weighted by Gasteiger charge is -2.25. The highest BCUT2D eigenvalue weighted by atomic mass is 32.2. The standard InChI is InChI=1S/C17H20N2O6S2/c1-10-3-4-12(5-11(10)2)19-13-8-27(23,24)9-14(13)26-17(19)18-15(20)6-25-7-16(21)22/h3-5,13-14H,6-9H2,1-2H3,(H,21,22)/t13-,14-/m0/s1. The molecule has 2 aliphatic rings. The van der Waals surface area contributed by atoms with E-state index in [9.17, 15) is 18.0 Å². The van der Waals surface area contributed by atoms with Crippen LogP contribution in [0.5, 0.6) is 0 Å². The predicted molar refractivity (Wildman–Crippen MR) is 103 cm³/mol. The van der Waals surface area contributed by atoms with Crippen molar-refractivity contribution < 1.29 is 27.9 Å². The number of fused-ring (bicyclic) bond motifs is 1. The first-order chi connectivity index (χ1) is 12.7. The van der Waals surface area contributed by atoms with Crippen molar-refractivity contribution in [1.29, 1.82) is 0 Å². The van der Waals surface area contributed by atoms with E-state index < -0.39 is 34.9 Å². The average Bonchev–Trinajstić information content (AvgIpc) is 3.00. The topological polar surface area (TPSA) is 113 Å². The van der Waals surface area contributed by atoms with Crippen LogP contribution in [0.15, 0.2) is 23.2 Å². The number of aliphatic imine (C=N–C) groups is 1. The number of amides is 1. The predicted octanol–water partition coefficient (Wildman–Crippen LogP) is 1.01. The summed E-state index contributed by atoms with van der Waals surface area (Å²) in [4.78, 5) is 28.4. The Morgan fingerprint density at radius 1 is 1.26 bits per heavy atom. The molecule has 2 fully saturated rings. The van der Waals surface area contributed by atoms with Crippen LogP contribution in [-0.4, -0.2) is 66.6 Å². The van der Waals surface area contributed by atoms with Gasteiger partial charge in [0.15, 0.2) is 15.0 Å². The number of amidine groups is 1. The van der Waals surface area contributed by atoms with Gasteiger partial charge in [-0.15, -0.1) is 0 Å². The fourth-order valence-electron chi connectivity index (χ4n) is 3.11. The number of hydrogen-bond acceptors (Lipinski definition) is 6. The molecule has 1 amide bonds. The normalized spacial score (nSPS) is 25.0. The summed E-state index contributed by atoms with van der Waals surface area (Å²) in [6, 6.07) is 5.50. The minimum atomic E-state index is -3.13. The second kappa shape index (κ2) is 7.61. The molecule has 0 bridgehead atoms. The van der Waals surface area contributed by atoms with E-state index in [0.29, 0.717) is 5.17 Å². The van der Waals surface area contributed by atoms with Gasteiger partial charge in [0.05, 0.1) is 17.5 Å². The van der Waals surface area contributed by atoms with E-state index in [-0.39, 0.29) is 22.8 Å². The zero-order valence-corrected chi connectivity index (χ0v) is 16.5. The molecule has 1 N–H and O–H groups in total. The van der Waals surface area contributed by atoms with Crippen LogP contribution < -0.4 is 4.90 Å². The van der Waals surface area contributed by atoms with Gasteiger partial charge < -0.3 is 14.7 Å². The first-order valence-electron chi connectivity index (χ1n) is 8.31. The Hall–Kier alpha value is -1.91. The first kappa shape index (κ1) is 19.8. The molecule has 0 aromatic heterocycles. The van der Waals surface area contributed by atoms with Gasteiger partial charge in [0.25, 0.3) is 5.91 Å². The number of carbonyl (C=O) groups excluding carboxylic acids is 1. The third-order valence-electron chi connectivity index (χ3n) is 4.51. The van der Waals surface area contributed by atoms with E-state index in [2.05, 4.69) is 4.99 Å². The number of aliphatic carboxylic acids is 1. The van der Waals surface area contributed by atoms with Crippen LogP contribution >= 0.6 is 11.8 Å². The lowest BCUT2D eigenvalue weighted by atomic mass is 10.1. The highest BCUT2D eigenvalue weighted by Gasteiger charge is 2.49. The Kier molecular flexibility index (Phi) is 5.59. The average molecular weight is 412 g/mol. The van der Waals surface area contributed by atoms with Gasteiger partial charge in [-0.2, -0.15) is 4.99 Å². The molecule has 2 aliphatic heterocycles. The van der Waals surface area contributed by atoms with Crippen LogP contribution in [0.3, 0.4) is 0 Å². The minimum Gasteiger partial charge on any atom is -0.480 e. The third-order valence-corrected chi connectivity index (χ3v) is 7.72. The van der Waals surface area contributed by atoms with Gasteiger partial charge in [0, 0.05) is 10.9 Å². The monoisotopic (exact) mass is 412 g/mol. The lowest BCUT2D eigenvalue weighted by Crippen LogP contribution is -2.37. The minimum absolute atomic E-state index is 0.0142. The second-order valence-corrected chi connectivity index (χ2v) is 9.97. The SMILES string of the molecule is Cc1ccc(N2C(=NC(=O)COCC(=O)O)S[C@H]3CS(=O)(=O)C[C@@H]32)cc1C. The first-order valence-corrected chi connectivity index (χ1v) is 11.0. The van der Waals surface area contributed by atoms with Gasteiger partial charge >= 0.3 is 5.97 Å². The van der Waals surface area contributed by atoms with Crippen molar-refractivity contribution >= 4 is 44.3 Å². The van der Waals surface area contributed by atoms with Crippen molar-refractivity contribution in [1.82, 2.24) is 0 Å². The molecule has 2 atom stereocenters. The van der Waals surface area contributed by atoms with E-state index in [4.69, 9.17) is 9.84 Å². The fourth-order valence-corrected chi connectivity index (χ4v) is 7.04. The van der Waals surface area contributed by atoms with Crippen molar-refractivity contribution in [2.75, 3.05) is 29.6 Å². The maximum atomic E-state index is 12.1. The van der Waals surface area contributed by atoms with Crippen molar-refractivity contribution in [2.45, 2.75) is 25.1 Å². The fraction of sp³-hybridized carbons (Fsp3) is 0.471. The number of sulfone groups is 1. The molecule has 1 aromatic rings. The van der Waals surface area contributed by atoms with Gasteiger partial charge in [-0.3, -0.25) is 4.79 Å². The van der Waals surface area contributed by atoms with Crippen LogP contribution in [0.4, 0.5) is 5.69 Å². The van der Waals surface area contributed by atoms with Crippen molar-refractivity contribution in [3.8, 4) is 0 Å². The smallest absolute Gasteiger partial charge is 0.329 e. The molecule has 1 aromatic carbocycles. The number of carboxylic acid groups (broad SMARTS) is 1. The Bertz CT molecular complexity index is 912. The van der Waals surface area contributed by atoms with Crippen LogP contribution in [0.2, 0.25) is 0 Å². The number of aryl methyl sites for hydroxylation is 2. The summed E-state index contributed by atoms with van der Waals surface area (Å²) in [5.74, 6) is -1.70. The third kappa shape index (κ3) is 4.50. The number of rotatable bonds is 5. The second-order valence-electron chi connectivity index (χ2n) is 6.61. The molecule has 2 heterocycles.